The van der Waals surface area contributed by atoms with Crippen LogP contribution in [0.1, 0.15) is 33.1 Å². The van der Waals surface area contributed by atoms with Gasteiger partial charge in [-0.05, 0) is 26.2 Å². The van der Waals surface area contributed by atoms with E-state index in [1.165, 1.54) is 0 Å². The zero-order chi connectivity index (χ0) is 14.3. The summed E-state index contributed by atoms with van der Waals surface area (Å²) in [4.78, 5) is 10.4. The highest BCUT2D eigenvalue weighted by Gasteiger charge is 2.42. The Morgan fingerprint density at radius 3 is 2.17 bits per heavy atom. The lowest BCUT2D eigenvalue weighted by molar-refractivity contribution is -0.366. The molecule has 0 saturated heterocycles. The van der Waals surface area contributed by atoms with Crippen LogP contribution in [0.15, 0.2) is 5.10 Å². The maximum absolute atomic E-state index is 12.4. The van der Waals surface area contributed by atoms with E-state index in [-0.39, 0.29) is 12.1 Å². The molecule has 0 atom stereocenters. The molecule has 0 aliphatic rings. The van der Waals surface area contributed by atoms with E-state index in [0.29, 0.717) is 13.3 Å². The first-order valence-corrected chi connectivity index (χ1v) is 5.08. The number of urea groups is 1. The average molecular weight is 273 g/mol. The molecule has 0 bridgehead atoms. The molecule has 10 heteroatoms. The first-order chi connectivity index (χ1) is 8.24. The Balaban J connectivity index is 4.59. The zero-order valence-corrected chi connectivity index (χ0v) is 9.96. The SMILES string of the molecule is CCC(CCC(C)(N(F)F)N(F)F)=NNC(N)=O. The van der Waals surface area contributed by atoms with Crippen LogP contribution in [0.25, 0.3) is 0 Å². The lowest BCUT2D eigenvalue weighted by atomic mass is 10.0. The maximum atomic E-state index is 12.4. The van der Waals surface area contributed by atoms with E-state index in [4.69, 9.17) is 5.73 Å². The van der Waals surface area contributed by atoms with Crippen LogP contribution in [0.3, 0.4) is 0 Å². The minimum Gasteiger partial charge on any atom is -0.350 e. The fraction of sp³-hybridized carbons (Fsp3) is 0.750. The van der Waals surface area contributed by atoms with Crippen molar-refractivity contribution in [2.45, 2.75) is 38.8 Å². The minimum absolute atomic E-state index is 0.137. The first-order valence-electron chi connectivity index (χ1n) is 5.08. The normalized spacial score (nSPS) is 13.2. The van der Waals surface area contributed by atoms with Crippen molar-refractivity contribution < 1.29 is 22.7 Å². The standard InChI is InChI=1S/C8H15F4N5O/c1-3-6(14-15-7(13)18)4-5-8(2,16(9)10)17(11)12/h3-5H2,1-2H3,(H3,13,15,18). The van der Waals surface area contributed by atoms with Gasteiger partial charge in [0, 0.05) is 16.4 Å². The molecule has 6 nitrogen and oxygen atoms in total. The van der Waals surface area contributed by atoms with Crippen LogP contribution < -0.4 is 11.2 Å². The predicted molar refractivity (Wildman–Crippen MR) is 56.2 cm³/mol. The van der Waals surface area contributed by atoms with Crippen LogP contribution in [0, 0.1) is 0 Å². The second-order valence-corrected chi connectivity index (χ2v) is 3.69. The van der Waals surface area contributed by atoms with Crippen molar-refractivity contribution in [2.24, 2.45) is 10.8 Å². The van der Waals surface area contributed by atoms with Crippen molar-refractivity contribution in [1.29, 1.82) is 0 Å². The number of hydrazone groups is 1. The van der Waals surface area contributed by atoms with E-state index in [1.807, 2.05) is 5.43 Å². The summed E-state index contributed by atoms with van der Waals surface area (Å²) in [6.07, 6.45) is -0.393. The molecule has 18 heavy (non-hydrogen) atoms. The summed E-state index contributed by atoms with van der Waals surface area (Å²) in [6.45, 7) is 2.33. The van der Waals surface area contributed by atoms with Gasteiger partial charge in [-0.1, -0.05) is 24.8 Å². The molecule has 3 N–H and O–H groups in total. The average Bonchev–Trinajstić information content (AvgIpc) is 2.27. The number of nitrogens with one attached hydrogen (secondary N) is 1. The van der Waals surface area contributed by atoms with Crippen LogP contribution in [0.2, 0.25) is 0 Å². The van der Waals surface area contributed by atoms with Crippen LogP contribution in [-0.4, -0.2) is 28.1 Å². The fourth-order valence-electron chi connectivity index (χ4n) is 1.05. The summed E-state index contributed by atoms with van der Waals surface area (Å²) in [6, 6.07) is -0.918. The molecular weight excluding hydrogens is 258 g/mol. The van der Waals surface area contributed by atoms with Gasteiger partial charge in [0.1, 0.15) is 0 Å². The summed E-state index contributed by atoms with van der Waals surface area (Å²) in [5.41, 5.74) is 4.25. The van der Waals surface area contributed by atoms with Gasteiger partial charge in [-0.2, -0.15) is 5.10 Å². The molecule has 0 radical (unpaired) electrons. The molecule has 0 fully saturated rings. The largest absolute Gasteiger partial charge is 0.350 e. The van der Waals surface area contributed by atoms with E-state index in [9.17, 15) is 22.7 Å². The number of hydrogen-bond acceptors (Lipinski definition) is 4. The molecule has 0 aromatic rings. The first kappa shape index (κ1) is 16.6. The number of carbonyl (C=O) groups is 1. The topological polar surface area (TPSA) is 74.0 Å². The van der Waals surface area contributed by atoms with Crippen molar-refractivity contribution in [1.82, 2.24) is 16.1 Å². The number of rotatable bonds is 7. The summed E-state index contributed by atoms with van der Waals surface area (Å²) < 4.78 is 49.5. The molecule has 0 aromatic heterocycles. The number of carbonyl (C=O) groups excluding carboxylic acids is 1. The third kappa shape index (κ3) is 4.84. The van der Waals surface area contributed by atoms with E-state index in [0.717, 1.165) is 0 Å². The number of halogens is 4. The zero-order valence-electron chi connectivity index (χ0n) is 9.96. The molecule has 0 rings (SSSR count). The lowest BCUT2D eigenvalue weighted by Gasteiger charge is -2.28. The number of primary amides is 1. The molecule has 0 unspecified atom stereocenters. The third-order valence-corrected chi connectivity index (χ3v) is 2.35. The highest BCUT2D eigenvalue weighted by atomic mass is 19.4. The lowest BCUT2D eigenvalue weighted by Crippen LogP contribution is -2.46. The van der Waals surface area contributed by atoms with Gasteiger partial charge in [-0.25, -0.2) is 10.2 Å². The van der Waals surface area contributed by atoms with Gasteiger partial charge in [-0.3, -0.25) is 0 Å². The Morgan fingerprint density at radius 2 is 1.83 bits per heavy atom. The summed E-state index contributed by atoms with van der Waals surface area (Å²) >= 11 is 0. The molecule has 2 amide bonds. The van der Waals surface area contributed by atoms with Gasteiger partial charge in [-0.15, -0.1) is 0 Å². The van der Waals surface area contributed by atoms with E-state index >= 15 is 0 Å². The second kappa shape index (κ2) is 7.11. The Kier molecular flexibility index (Phi) is 6.55. The van der Waals surface area contributed by atoms with Crippen LogP contribution in [0.5, 0.6) is 0 Å². The smallest absolute Gasteiger partial charge is 0.332 e. The molecule has 0 heterocycles. The van der Waals surface area contributed by atoms with Crippen molar-refractivity contribution >= 4 is 11.7 Å². The molecule has 0 aliphatic heterocycles. The summed E-state index contributed by atoms with van der Waals surface area (Å²) in [5.74, 6) is 0. The molecule has 0 spiro atoms. The molecule has 106 valence electrons. The Hall–Kier alpha value is -1.42. The van der Waals surface area contributed by atoms with Gasteiger partial charge in [0.25, 0.3) is 0 Å². The van der Waals surface area contributed by atoms with Crippen LogP contribution >= 0.6 is 0 Å². The Bertz CT molecular complexity index is 302. The quantitative estimate of drug-likeness (QED) is 0.245. The van der Waals surface area contributed by atoms with Crippen molar-refractivity contribution in [3.05, 3.63) is 0 Å². The molecular formula is C8H15F4N5O. The van der Waals surface area contributed by atoms with Crippen LogP contribution in [0.4, 0.5) is 22.7 Å². The van der Waals surface area contributed by atoms with Gasteiger partial charge in [0.15, 0.2) is 5.66 Å². The Morgan fingerprint density at radius 1 is 1.33 bits per heavy atom. The molecule has 0 aromatic carbocycles. The third-order valence-electron chi connectivity index (χ3n) is 2.35. The highest BCUT2D eigenvalue weighted by molar-refractivity contribution is 5.85. The maximum Gasteiger partial charge on any atom is 0.332 e. The predicted octanol–water partition coefficient (Wildman–Crippen LogP) is 2.06. The Labute approximate surface area is 101 Å². The van der Waals surface area contributed by atoms with Gasteiger partial charge in [0.2, 0.25) is 0 Å². The van der Waals surface area contributed by atoms with E-state index < -0.39 is 28.8 Å². The molecule has 0 saturated carbocycles. The van der Waals surface area contributed by atoms with Gasteiger partial charge >= 0.3 is 6.03 Å². The second-order valence-electron chi connectivity index (χ2n) is 3.69. The number of nitrogens with two attached hydrogens (primary N) is 1. The van der Waals surface area contributed by atoms with Gasteiger partial charge < -0.3 is 5.73 Å². The molecule has 0 aliphatic carbocycles. The van der Waals surface area contributed by atoms with Crippen molar-refractivity contribution in [3.8, 4) is 0 Å². The number of nitrogens with zero attached hydrogens (tertiary/aromatic N) is 3. The summed E-state index contributed by atoms with van der Waals surface area (Å²) in [5, 5.41) is 0.393. The minimum atomic E-state index is -2.71. The van der Waals surface area contributed by atoms with Gasteiger partial charge in [0.05, 0.1) is 0 Å². The monoisotopic (exact) mass is 273 g/mol. The van der Waals surface area contributed by atoms with E-state index in [2.05, 4.69) is 5.10 Å². The van der Waals surface area contributed by atoms with Crippen LogP contribution in [-0.2, 0) is 0 Å². The van der Waals surface area contributed by atoms with Crippen molar-refractivity contribution in [3.63, 3.8) is 0 Å². The fourth-order valence-corrected chi connectivity index (χ4v) is 1.05. The highest BCUT2D eigenvalue weighted by Crippen LogP contribution is 2.28. The van der Waals surface area contributed by atoms with E-state index in [1.54, 1.807) is 6.92 Å². The summed E-state index contributed by atoms with van der Waals surface area (Å²) in [7, 11) is 0. The number of hydrogen-bond donors (Lipinski definition) is 2. The van der Waals surface area contributed by atoms with Crippen molar-refractivity contribution in [2.75, 3.05) is 0 Å². The number of amides is 2.